The number of rotatable bonds is 4. The predicted molar refractivity (Wildman–Crippen MR) is 106 cm³/mol. The van der Waals surface area contributed by atoms with E-state index in [4.69, 9.17) is 9.51 Å². The van der Waals surface area contributed by atoms with Gasteiger partial charge in [-0.1, -0.05) is 25.9 Å². The van der Waals surface area contributed by atoms with Crippen molar-refractivity contribution >= 4 is 5.91 Å². The molecule has 1 aliphatic carbocycles. The monoisotopic (exact) mass is 392 g/mol. The van der Waals surface area contributed by atoms with Gasteiger partial charge in [0, 0.05) is 24.2 Å². The number of hydrogen-bond acceptors (Lipinski definition) is 7. The van der Waals surface area contributed by atoms with Crippen LogP contribution in [0.2, 0.25) is 0 Å². The van der Waals surface area contributed by atoms with Gasteiger partial charge in [0.25, 0.3) is 5.91 Å². The van der Waals surface area contributed by atoms with Gasteiger partial charge in [-0.15, -0.1) is 0 Å². The van der Waals surface area contributed by atoms with Crippen LogP contribution in [0.15, 0.2) is 29.3 Å². The predicted octanol–water partition coefficient (Wildman–Crippen LogP) is 3.24. The maximum Gasteiger partial charge on any atom is 0.257 e. The highest BCUT2D eigenvalue weighted by Crippen LogP contribution is 2.40. The number of aromatic nitrogens is 5. The van der Waals surface area contributed by atoms with Gasteiger partial charge < -0.3 is 9.84 Å². The zero-order valence-corrected chi connectivity index (χ0v) is 17.1. The zero-order valence-electron chi connectivity index (χ0n) is 17.1. The van der Waals surface area contributed by atoms with Crippen molar-refractivity contribution in [1.29, 1.82) is 0 Å². The summed E-state index contributed by atoms with van der Waals surface area (Å²) in [4.78, 5) is 30.6. The van der Waals surface area contributed by atoms with E-state index >= 15 is 0 Å². The van der Waals surface area contributed by atoms with Gasteiger partial charge in [0.2, 0.25) is 0 Å². The van der Waals surface area contributed by atoms with Crippen LogP contribution in [-0.2, 0) is 12.8 Å². The molecule has 8 heteroatoms. The van der Waals surface area contributed by atoms with E-state index in [0.717, 1.165) is 24.1 Å². The van der Waals surface area contributed by atoms with Crippen LogP contribution in [0.5, 0.6) is 0 Å². The summed E-state index contributed by atoms with van der Waals surface area (Å²) < 4.78 is 5.22. The van der Waals surface area contributed by atoms with Gasteiger partial charge in [0.15, 0.2) is 5.82 Å². The van der Waals surface area contributed by atoms with Crippen molar-refractivity contribution in [2.24, 2.45) is 5.41 Å². The minimum absolute atomic E-state index is 0.0176. The maximum atomic E-state index is 13.0. The van der Waals surface area contributed by atoms with E-state index in [2.05, 4.69) is 39.3 Å². The van der Waals surface area contributed by atoms with Crippen molar-refractivity contribution in [3.63, 3.8) is 0 Å². The molecule has 0 aliphatic heterocycles. The van der Waals surface area contributed by atoms with Gasteiger partial charge >= 0.3 is 0 Å². The summed E-state index contributed by atoms with van der Waals surface area (Å²) in [5.74, 6) is 0.902. The van der Waals surface area contributed by atoms with Gasteiger partial charge in [-0.3, -0.25) is 9.78 Å². The smallest absolute Gasteiger partial charge is 0.257 e. The summed E-state index contributed by atoms with van der Waals surface area (Å²) in [6.07, 6.45) is 8.93. The number of amides is 1. The fourth-order valence-electron chi connectivity index (χ4n) is 3.89. The quantitative estimate of drug-likeness (QED) is 0.726. The lowest BCUT2D eigenvalue weighted by Crippen LogP contribution is -2.37. The van der Waals surface area contributed by atoms with E-state index < -0.39 is 0 Å². The molecular weight excluding hydrogens is 368 g/mol. The van der Waals surface area contributed by atoms with Crippen LogP contribution in [0.4, 0.5) is 0 Å². The van der Waals surface area contributed by atoms with Gasteiger partial charge in [-0.05, 0) is 31.6 Å². The van der Waals surface area contributed by atoms with E-state index in [0.29, 0.717) is 35.0 Å². The average Bonchev–Trinajstić information content (AvgIpc) is 3.08. The first-order valence-corrected chi connectivity index (χ1v) is 9.76. The maximum absolute atomic E-state index is 13.0. The Balaban J connectivity index is 1.67. The molecule has 0 radical (unpaired) electrons. The molecule has 3 aromatic heterocycles. The van der Waals surface area contributed by atoms with Gasteiger partial charge in [-0.25, -0.2) is 15.0 Å². The summed E-state index contributed by atoms with van der Waals surface area (Å²) in [6, 6.07) is -0.184. The second kappa shape index (κ2) is 7.35. The normalized spacial score (nSPS) is 17.6. The topological polar surface area (TPSA) is 107 Å². The number of aryl methyl sites for hydroxylation is 2. The molecule has 29 heavy (non-hydrogen) atoms. The molecule has 1 aliphatic rings. The molecule has 1 N–H and O–H groups in total. The van der Waals surface area contributed by atoms with E-state index in [-0.39, 0.29) is 17.4 Å². The number of nitrogens with one attached hydrogen (secondary N) is 1. The third kappa shape index (κ3) is 3.74. The highest BCUT2D eigenvalue weighted by Gasteiger charge is 2.35. The van der Waals surface area contributed by atoms with Crippen molar-refractivity contribution < 1.29 is 9.32 Å². The first-order valence-electron chi connectivity index (χ1n) is 9.76. The molecule has 0 saturated carbocycles. The molecule has 0 spiro atoms. The number of nitrogens with zero attached hydrogens (tertiary/aromatic N) is 5. The van der Waals surface area contributed by atoms with Crippen molar-refractivity contribution in [3.05, 3.63) is 53.1 Å². The van der Waals surface area contributed by atoms with E-state index in [1.807, 2.05) is 6.92 Å². The number of fused-ring (bicyclic) bond motifs is 1. The molecule has 3 aromatic rings. The lowest BCUT2D eigenvalue weighted by Gasteiger charge is -2.36. The van der Waals surface area contributed by atoms with Crippen LogP contribution in [0.3, 0.4) is 0 Å². The molecule has 0 bridgehead atoms. The Morgan fingerprint density at radius 2 is 2.10 bits per heavy atom. The largest absolute Gasteiger partial charge is 0.361 e. The van der Waals surface area contributed by atoms with E-state index in [1.165, 1.54) is 0 Å². The minimum atomic E-state index is -0.184. The highest BCUT2D eigenvalue weighted by atomic mass is 16.5. The first-order chi connectivity index (χ1) is 13.9. The van der Waals surface area contributed by atoms with E-state index in [9.17, 15) is 4.79 Å². The van der Waals surface area contributed by atoms with Crippen LogP contribution in [0, 0.1) is 12.3 Å². The zero-order chi connectivity index (χ0) is 20.6. The Labute approximate surface area is 169 Å². The number of hydrogen-bond donors (Lipinski definition) is 1. The van der Waals surface area contributed by atoms with Crippen LogP contribution < -0.4 is 5.32 Å². The fourth-order valence-corrected chi connectivity index (χ4v) is 3.89. The first kappa shape index (κ1) is 19.2. The second-order valence-electron chi connectivity index (χ2n) is 8.17. The SMILES string of the molecule is CCc1noc(C)c1C(=O)NC1CC(C)(C)Cc2nc(-c3cnccn3)ncc21. The van der Waals surface area contributed by atoms with Gasteiger partial charge in [-0.2, -0.15) is 0 Å². The van der Waals surface area contributed by atoms with Crippen LogP contribution in [0.1, 0.15) is 66.3 Å². The summed E-state index contributed by atoms with van der Waals surface area (Å²) in [6.45, 7) is 8.08. The third-order valence-corrected chi connectivity index (χ3v) is 5.27. The molecule has 1 amide bonds. The van der Waals surface area contributed by atoms with Crippen molar-refractivity contribution in [2.75, 3.05) is 0 Å². The van der Waals surface area contributed by atoms with Crippen molar-refractivity contribution in [2.45, 2.75) is 53.0 Å². The van der Waals surface area contributed by atoms with Crippen LogP contribution in [0.25, 0.3) is 11.5 Å². The summed E-state index contributed by atoms with van der Waals surface area (Å²) in [5, 5.41) is 7.15. The molecule has 8 nitrogen and oxygen atoms in total. The Hall–Kier alpha value is -3.16. The highest BCUT2D eigenvalue weighted by molar-refractivity contribution is 5.96. The molecule has 4 rings (SSSR count). The molecule has 0 aromatic carbocycles. The third-order valence-electron chi connectivity index (χ3n) is 5.27. The number of carbonyl (C=O) groups excluding carboxylic acids is 1. The Kier molecular flexibility index (Phi) is 4.86. The molecule has 0 saturated heterocycles. The number of carbonyl (C=O) groups is 1. The fraction of sp³-hybridized carbons (Fsp3) is 0.429. The van der Waals surface area contributed by atoms with Crippen LogP contribution >= 0.6 is 0 Å². The van der Waals surface area contributed by atoms with Crippen molar-refractivity contribution in [3.8, 4) is 11.5 Å². The average molecular weight is 392 g/mol. The molecule has 1 unspecified atom stereocenters. The van der Waals surface area contributed by atoms with Crippen LogP contribution in [-0.4, -0.2) is 31.0 Å². The second-order valence-corrected chi connectivity index (χ2v) is 8.17. The molecule has 1 atom stereocenters. The molecule has 150 valence electrons. The van der Waals surface area contributed by atoms with E-state index in [1.54, 1.807) is 31.7 Å². The Bertz CT molecular complexity index is 1040. The Morgan fingerprint density at radius 3 is 2.83 bits per heavy atom. The van der Waals surface area contributed by atoms with Gasteiger partial charge in [0.1, 0.15) is 17.0 Å². The minimum Gasteiger partial charge on any atom is -0.361 e. The molecule has 0 fully saturated rings. The molecule has 3 heterocycles. The molecular formula is C21H24N6O2. The summed E-state index contributed by atoms with van der Waals surface area (Å²) in [7, 11) is 0. The Morgan fingerprint density at radius 1 is 1.28 bits per heavy atom. The summed E-state index contributed by atoms with van der Waals surface area (Å²) in [5.41, 5.74) is 3.68. The lowest BCUT2D eigenvalue weighted by atomic mass is 9.74. The van der Waals surface area contributed by atoms with Gasteiger partial charge in [0.05, 0.1) is 23.6 Å². The standard InChI is InChI=1S/C21H24N6O2/c1-5-14-18(12(2)29-27-14)20(28)26-16-9-21(3,4)8-15-13(16)10-24-19(25-15)17-11-22-6-7-23-17/h6-7,10-11,16H,5,8-9H2,1-4H3,(H,26,28). The van der Waals surface area contributed by atoms with Crippen molar-refractivity contribution in [1.82, 2.24) is 30.4 Å². The summed E-state index contributed by atoms with van der Waals surface area (Å²) >= 11 is 0. The lowest BCUT2D eigenvalue weighted by molar-refractivity contribution is 0.0916.